The zero-order valence-corrected chi connectivity index (χ0v) is 10.1. The largest absolute Gasteiger partial charge is 0.389 e. The third kappa shape index (κ3) is 1.44. The van der Waals surface area contributed by atoms with Gasteiger partial charge in [-0.15, -0.1) is 11.3 Å². The molecule has 0 spiro atoms. The van der Waals surface area contributed by atoms with Gasteiger partial charge in [0.1, 0.15) is 11.1 Å². The van der Waals surface area contributed by atoms with Crippen molar-refractivity contribution in [3.05, 3.63) is 16.0 Å². The highest BCUT2D eigenvalue weighted by Crippen LogP contribution is 2.44. The van der Waals surface area contributed by atoms with Gasteiger partial charge in [0, 0.05) is 4.88 Å². The van der Waals surface area contributed by atoms with Crippen LogP contribution in [0.25, 0.3) is 0 Å². The molecule has 0 aromatic carbocycles. The van der Waals surface area contributed by atoms with Crippen molar-refractivity contribution in [2.45, 2.75) is 38.5 Å². The second-order valence-electron chi connectivity index (χ2n) is 5.07. The Hall–Kier alpha value is -1.01. The predicted molar refractivity (Wildman–Crippen MR) is 66.3 cm³/mol. The third-order valence-electron chi connectivity index (χ3n) is 4.21. The Kier molecular flexibility index (Phi) is 2.40. The monoisotopic (exact) mass is 232 g/mol. The normalized spacial score (nSPS) is 27.9. The molecular weight excluding hydrogens is 216 g/mol. The first-order chi connectivity index (χ1) is 7.79. The molecule has 1 fully saturated rings. The van der Waals surface area contributed by atoms with Gasteiger partial charge in [0.25, 0.3) is 0 Å². The Balaban J connectivity index is 1.99. The summed E-state index contributed by atoms with van der Waals surface area (Å²) in [5.74, 6) is 1.69. The fraction of sp³-hybridized carbons (Fsp3) is 0.615. The SMILES string of the molecule is N#Cc1c(N)sc2c1CC1CCCCC1C2. The van der Waals surface area contributed by atoms with Crippen LogP contribution in [0.2, 0.25) is 0 Å². The molecule has 1 aromatic rings. The van der Waals surface area contributed by atoms with E-state index in [0.29, 0.717) is 0 Å². The summed E-state index contributed by atoms with van der Waals surface area (Å²) in [6.07, 6.45) is 7.78. The van der Waals surface area contributed by atoms with Gasteiger partial charge in [-0.25, -0.2) is 0 Å². The van der Waals surface area contributed by atoms with Crippen LogP contribution in [0.4, 0.5) is 5.00 Å². The molecule has 16 heavy (non-hydrogen) atoms. The highest BCUT2D eigenvalue weighted by Gasteiger charge is 2.33. The molecule has 0 radical (unpaired) electrons. The molecule has 3 heteroatoms. The van der Waals surface area contributed by atoms with Gasteiger partial charge in [-0.1, -0.05) is 12.8 Å². The van der Waals surface area contributed by atoms with Crippen LogP contribution < -0.4 is 5.73 Å². The van der Waals surface area contributed by atoms with Crippen molar-refractivity contribution in [1.82, 2.24) is 0 Å². The van der Waals surface area contributed by atoms with Crippen LogP contribution >= 0.6 is 11.3 Å². The number of anilines is 1. The quantitative estimate of drug-likeness (QED) is 0.747. The van der Waals surface area contributed by atoms with Gasteiger partial charge in [-0.3, -0.25) is 0 Å². The molecule has 2 atom stereocenters. The summed E-state index contributed by atoms with van der Waals surface area (Å²) < 4.78 is 0. The molecule has 84 valence electrons. The minimum absolute atomic E-state index is 0.742. The van der Waals surface area contributed by atoms with E-state index < -0.39 is 0 Å². The maximum Gasteiger partial charge on any atom is 0.104 e. The Bertz CT molecular complexity index is 455. The van der Waals surface area contributed by atoms with Gasteiger partial charge < -0.3 is 5.73 Å². The average molecular weight is 232 g/mol. The molecule has 1 heterocycles. The summed E-state index contributed by atoms with van der Waals surface area (Å²) in [5, 5.41) is 9.88. The minimum Gasteiger partial charge on any atom is -0.389 e. The van der Waals surface area contributed by atoms with Gasteiger partial charge in [-0.2, -0.15) is 5.26 Å². The van der Waals surface area contributed by atoms with Gasteiger partial charge in [0.15, 0.2) is 0 Å². The lowest BCUT2D eigenvalue weighted by molar-refractivity contribution is 0.223. The average Bonchev–Trinajstić information content (AvgIpc) is 2.60. The number of nitrogen functional groups attached to an aromatic ring is 1. The highest BCUT2D eigenvalue weighted by atomic mass is 32.1. The number of hydrogen-bond acceptors (Lipinski definition) is 3. The van der Waals surface area contributed by atoms with Gasteiger partial charge in [0.05, 0.1) is 5.56 Å². The van der Waals surface area contributed by atoms with Crippen LogP contribution in [0.5, 0.6) is 0 Å². The van der Waals surface area contributed by atoms with Crippen molar-refractivity contribution in [2.24, 2.45) is 11.8 Å². The van der Waals surface area contributed by atoms with Crippen LogP contribution in [0, 0.1) is 23.2 Å². The molecule has 0 bridgehead atoms. The summed E-state index contributed by atoms with van der Waals surface area (Å²) >= 11 is 1.65. The van der Waals surface area contributed by atoms with Gasteiger partial charge in [-0.05, 0) is 43.1 Å². The first-order valence-corrected chi connectivity index (χ1v) is 6.91. The lowest BCUT2D eigenvalue weighted by Crippen LogP contribution is -2.27. The number of nitrogens with two attached hydrogens (primary N) is 1. The van der Waals surface area contributed by atoms with E-state index >= 15 is 0 Å². The van der Waals surface area contributed by atoms with E-state index in [1.807, 2.05) is 0 Å². The van der Waals surface area contributed by atoms with E-state index in [9.17, 15) is 0 Å². The van der Waals surface area contributed by atoms with E-state index in [0.717, 1.165) is 28.8 Å². The Morgan fingerprint density at radius 1 is 1.19 bits per heavy atom. The third-order valence-corrected chi connectivity index (χ3v) is 5.29. The number of nitriles is 1. The standard InChI is InChI=1S/C13H16N2S/c14-7-11-10-5-8-3-1-2-4-9(8)6-12(10)16-13(11)15/h8-9H,1-6,15H2. The topological polar surface area (TPSA) is 49.8 Å². The Morgan fingerprint density at radius 3 is 2.56 bits per heavy atom. The van der Waals surface area contributed by atoms with E-state index in [1.165, 1.54) is 42.5 Å². The van der Waals surface area contributed by atoms with Crippen LogP contribution in [0.1, 0.15) is 41.7 Å². The predicted octanol–water partition coefficient (Wildman–Crippen LogP) is 3.11. The summed E-state index contributed by atoms with van der Waals surface area (Å²) in [6, 6.07) is 2.28. The number of thiophene rings is 1. The van der Waals surface area contributed by atoms with E-state index in [-0.39, 0.29) is 0 Å². The number of fused-ring (bicyclic) bond motifs is 2. The summed E-state index contributed by atoms with van der Waals surface area (Å²) in [5.41, 5.74) is 7.98. The van der Waals surface area contributed by atoms with Gasteiger partial charge >= 0.3 is 0 Å². The molecule has 0 amide bonds. The fourth-order valence-corrected chi connectivity index (χ4v) is 4.50. The fourth-order valence-electron chi connectivity index (χ4n) is 3.36. The highest BCUT2D eigenvalue weighted by molar-refractivity contribution is 7.16. The molecule has 2 unspecified atom stereocenters. The number of nitrogens with zero attached hydrogens (tertiary/aromatic N) is 1. The lowest BCUT2D eigenvalue weighted by atomic mass is 9.70. The van der Waals surface area contributed by atoms with Crippen molar-refractivity contribution in [2.75, 3.05) is 5.73 Å². The molecular formula is C13H16N2S. The van der Waals surface area contributed by atoms with Crippen molar-refractivity contribution >= 4 is 16.3 Å². The first-order valence-electron chi connectivity index (χ1n) is 6.09. The molecule has 2 aliphatic carbocycles. The minimum atomic E-state index is 0.742. The van der Waals surface area contributed by atoms with Crippen LogP contribution in [0.15, 0.2) is 0 Å². The maximum absolute atomic E-state index is 9.14. The van der Waals surface area contributed by atoms with E-state index in [2.05, 4.69) is 6.07 Å². The molecule has 0 saturated heterocycles. The van der Waals surface area contributed by atoms with Gasteiger partial charge in [0.2, 0.25) is 0 Å². The zero-order chi connectivity index (χ0) is 11.1. The molecule has 1 saturated carbocycles. The summed E-state index contributed by atoms with van der Waals surface area (Å²) in [7, 11) is 0. The van der Waals surface area contributed by atoms with Crippen molar-refractivity contribution in [3.63, 3.8) is 0 Å². The first kappa shape index (κ1) is 10.2. The summed E-state index contributed by atoms with van der Waals surface area (Å²) in [4.78, 5) is 1.40. The van der Waals surface area contributed by atoms with Crippen molar-refractivity contribution in [3.8, 4) is 6.07 Å². The van der Waals surface area contributed by atoms with Crippen LogP contribution in [-0.2, 0) is 12.8 Å². The van der Waals surface area contributed by atoms with Crippen molar-refractivity contribution in [1.29, 1.82) is 5.26 Å². The molecule has 2 nitrogen and oxygen atoms in total. The Labute approximate surface area is 100 Å². The molecule has 1 aromatic heterocycles. The summed E-state index contributed by atoms with van der Waals surface area (Å²) in [6.45, 7) is 0. The number of rotatable bonds is 0. The van der Waals surface area contributed by atoms with E-state index in [4.69, 9.17) is 11.0 Å². The second kappa shape index (κ2) is 3.78. The zero-order valence-electron chi connectivity index (χ0n) is 9.33. The Morgan fingerprint density at radius 2 is 1.88 bits per heavy atom. The van der Waals surface area contributed by atoms with Crippen LogP contribution in [0.3, 0.4) is 0 Å². The van der Waals surface area contributed by atoms with Crippen LogP contribution in [-0.4, -0.2) is 0 Å². The lowest BCUT2D eigenvalue weighted by Gasteiger charge is -2.35. The molecule has 2 aliphatic rings. The molecule has 3 rings (SSSR count). The maximum atomic E-state index is 9.14. The molecule has 2 N–H and O–H groups in total. The van der Waals surface area contributed by atoms with E-state index in [1.54, 1.807) is 11.3 Å². The number of hydrogen-bond donors (Lipinski definition) is 1. The second-order valence-corrected chi connectivity index (χ2v) is 6.20. The van der Waals surface area contributed by atoms with Crippen molar-refractivity contribution < 1.29 is 0 Å². The smallest absolute Gasteiger partial charge is 0.104 e. The molecule has 0 aliphatic heterocycles.